The number of ether oxygens (including phenoxy) is 2. The van der Waals surface area contributed by atoms with Gasteiger partial charge < -0.3 is 14.6 Å². The Bertz CT molecular complexity index is 1030. The van der Waals surface area contributed by atoms with E-state index < -0.39 is 10.0 Å². The van der Waals surface area contributed by atoms with Gasteiger partial charge in [-0.1, -0.05) is 26.0 Å². The number of rotatable bonds is 7. The van der Waals surface area contributed by atoms with Crippen LogP contribution in [-0.2, 0) is 27.8 Å². The largest absolute Gasteiger partial charge is 0.493 e. The minimum absolute atomic E-state index is 0.135. The fourth-order valence-electron chi connectivity index (χ4n) is 4.35. The topological polar surface area (TPSA) is 76.1 Å². The molecule has 1 N–H and O–H groups in total. The molecule has 2 aromatic carbocycles. The van der Waals surface area contributed by atoms with E-state index in [4.69, 9.17) is 9.47 Å². The minimum Gasteiger partial charge on any atom is -0.493 e. The summed E-state index contributed by atoms with van der Waals surface area (Å²) in [6.45, 7) is 6.32. The molecular formula is C24H31NO5S. The van der Waals surface area contributed by atoms with Crippen LogP contribution in [0.5, 0.6) is 5.75 Å². The van der Waals surface area contributed by atoms with Crippen molar-refractivity contribution >= 4 is 15.7 Å². The molecule has 31 heavy (non-hydrogen) atoms. The smallest absolute Gasteiger partial charge is 0.264 e. The molecular weight excluding hydrogens is 414 g/mol. The number of sulfonamides is 1. The highest BCUT2D eigenvalue weighted by Gasteiger charge is 2.35. The molecule has 0 spiro atoms. The van der Waals surface area contributed by atoms with Gasteiger partial charge in [0.25, 0.3) is 10.0 Å². The zero-order valence-electron chi connectivity index (χ0n) is 18.2. The molecule has 2 aliphatic heterocycles. The fraction of sp³-hybridized carbons (Fsp3) is 0.500. The van der Waals surface area contributed by atoms with Crippen molar-refractivity contribution in [1.82, 2.24) is 0 Å². The molecule has 168 valence electrons. The third-order valence-electron chi connectivity index (χ3n) is 6.35. The number of nitrogens with zero attached hydrogens (tertiary/aromatic N) is 1. The molecule has 0 aliphatic carbocycles. The van der Waals surface area contributed by atoms with Crippen molar-refractivity contribution in [3.05, 3.63) is 53.1 Å². The Morgan fingerprint density at radius 1 is 1.16 bits per heavy atom. The zero-order valence-corrected chi connectivity index (χ0v) is 19.0. The molecule has 0 amide bonds. The van der Waals surface area contributed by atoms with Gasteiger partial charge in [0.05, 0.1) is 23.8 Å². The molecule has 2 heterocycles. The van der Waals surface area contributed by atoms with Gasteiger partial charge in [0.1, 0.15) is 5.75 Å². The van der Waals surface area contributed by atoms with Crippen molar-refractivity contribution in [2.24, 2.45) is 5.92 Å². The first-order chi connectivity index (χ1) is 14.9. The number of fused-ring (bicyclic) bond motifs is 1. The van der Waals surface area contributed by atoms with E-state index >= 15 is 0 Å². The summed E-state index contributed by atoms with van der Waals surface area (Å²) in [6, 6.07) is 10.8. The number of benzene rings is 2. The second kappa shape index (κ2) is 9.18. The molecule has 2 aliphatic rings. The SMILES string of the molecule is CCc1ccc2c(c1)C(C)CN2S(=O)(=O)c1ccc(OCC2CCOCC2)c(CO)c1. The molecule has 0 radical (unpaired) electrons. The number of anilines is 1. The summed E-state index contributed by atoms with van der Waals surface area (Å²) in [5, 5.41) is 9.86. The minimum atomic E-state index is -3.74. The maximum Gasteiger partial charge on any atom is 0.264 e. The lowest BCUT2D eigenvalue weighted by Gasteiger charge is -2.23. The van der Waals surface area contributed by atoms with E-state index in [1.807, 2.05) is 12.1 Å². The van der Waals surface area contributed by atoms with Crippen molar-refractivity contribution in [1.29, 1.82) is 0 Å². The van der Waals surface area contributed by atoms with Crippen LogP contribution in [0.25, 0.3) is 0 Å². The Kier molecular flexibility index (Phi) is 6.55. The van der Waals surface area contributed by atoms with Gasteiger partial charge in [0.15, 0.2) is 0 Å². The second-order valence-electron chi connectivity index (χ2n) is 8.48. The maximum absolute atomic E-state index is 13.5. The standard InChI is InChI=1S/C24H31NO5S/c1-3-18-4-6-23-22(12-18)17(2)14-25(23)31(27,28)21-5-7-24(20(13-21)15-26)30-16-19-8-10-29-11-9-19/h4-7,12-13,17,19,26H,3,8-11,14-16H2,1-2H3. The summed E-state index contributed by atoms with van der Waals surface area (Å²) in [7, 11) is -3.74. The molecule has 0 bridgehead atoms. The highest BCUT2D eigenvalue weighted by Crippen LogP contribution is 2.40. The predicted molar refractivity (Wildman–Crippen MR) is 120 cm³/mol. The Labute approximate surface area is 184 Å². The fourth-order valence-corrected chi connectivity index (χ4v) is 5.98. The lowest BCUT2D eigenvalue weighted by Crippen LogP contribution is -2.29. The van der Waals surface area contributed by atoms with Crippen molar-refractivity contribution < 1.29 is 23.0 Å². The van der Waals surface area contributed by atoms with Crippen LogP contribution in [0.1, 0.15) is 49.3 Å². The molecule has 1 atom stereocenters. The van der Waals surface area contributed by atoms with Crippen LogP contribution >= 0.6 is 0 Å². The summed E-state index contributed by atoms with van der Waals surface area (Å²) in [6.07, 6.45) is 2.82. The summed E-state index contributed by atoms with van der Waals surface area (Å²) in [5.74, 6) is 1.09. The van der Waals surface area contributed by atoms with Crippen molar-refractivity contribution in [2.45, 2.75) is 50.5 Å². The molecule has 1 fully saturated rings. The molecule has 6 nitrogen and oxygen atoms in total. The third-order valence-corrected chi connectivity index (χ3v) is 8.12. The molecule has 4 rings (SSSR count). The first-order valence-electron chi connectivity index (χ1n) is 11.0. The van der Waals surface area contributed by atoms with Gasteiger partial charge in [-0.05, 0) is 60.6 Å². The van der Waals surface area contributed by atoms with Gasteiger partial charge >= 0.3 is 0 Å². The van der Waals surface area contributed by atoms with Gasteiger partial charge in [-0.15, -0.1) is 0 Å². The Hall–Kier alpha value is -2.09. The van der Waals surface area contributed by atoms with Crippen molar-refractivity contribution in [3.8, 4) is 5.75 Å². The van der Waals surface area contributed by atoms with Gasteiger partial charge in [-0.2, -0.15) is 0 Å². The number of aliphatic hydroxyl groups is 1. The van der Waals surface area contributed by atoms with Crippen LogP contribution < -0.4 is 9.04 Å². The van der Waals surface area contributed by atoms with E-state index in [-0.39, 0.29) is 17.4 Å². The molecule has 2 aromatic rings. The van der Waals surface area contributed by atoms with Gasteiger partial charge in [0.2, 0.25) is 0 Å². The predicted octanol–water partition coefficient (Wildman–Crippen LogP) is 3.86. The number of aryl methyl sites for hydroxylation is 1. The van der Waals surface area contributed by atoms with Gasteiger partial charge in [-0.25, -0.2) is 8.42 Å². The summed E-state index contributed by atoms with van der Waals surface area (Å²) in [4.78, 5) is 0.176. The Morgan fingerprint density at radius 2 is 1.94 bits per heavy atom. The first-order valence-corrected chi connectivity index (χ1v) is 12.5. The molecule has 0 saturated carbocycles. The second-order valence-corrected chi connectivity index (χ2v) is 10.3. The van der Waals surface area contributed by atoms with Crippen LogP contribution in [-0.4, -0.2) is 39.9 Å². The van der Waals surface area contributed by atoms with E-state index in [1.165, 1.54) is 15.9 Å². The number of aliphatic hydroxyl groups excluding tert-OH is 1. The van der Waals surface area contributed by atoms with E-state index in [1.54, 1.807) is 12.1 Å². The monoisotopic (exact) mass is 445 g/mol. The van der Waals surface area contributed by atoms with Crippen LogP contribution in [0.3, 0.4) is 0 Å². The molecule has 0 aromatic heterocycles. The lowest BCUT2D eigenvalue weighted by molar-refractivity contribution is 0.0494. The van der Waals surface area contributed by atoms with Gasteiger partial charge in [-0.3, -0.25) is 4.31 Å². The molecule has 7 heteroatoms. The quantitative estimate of drug-likeness (QED) is 0.700. The normalized spacial score (nSPS) is 19.5. The highest BCUT2D eigenvalue weighted by molar-refractivity contribution is 7.92. The van der Waals surface area contributed by atoms with Crippen molar-refractivity contribution in [3.63, 3.8) is 0 Å². The van der Waals surface area contributed by atoms with E-state index in [9.17, 15) is 13.5 Å². The van der Waals surface area contributed by atoms with E-state index in [0.29, 0.717) is 30.4 Å². The highest BCUT2D eigenvalue weighted by atomic mass is 32.2. The van der Waals surface area contributed by atoms with Crippen LogP contribution in [0.2, 0.25) is 0 Å². The van der Waals surface area contributed by atoms with Crippen LogP contribution in [0, 0.1) is 5.92 Å². The summed E-state index contributed by atoms with van der Waals surface area (Å²) < 4.78 is 39.7. The van der Waals surface area contributed by atoms with Gasteiger partial charge in [0, 0.05) is 31.2 Å². The van der Waals surface area contributed by atoms with E-state index in [2.05, 4.69) is 19.9 Å². The zero-order chi connectivity index (χ0) is 22.0. The summed E-state index contributed by atoms with van der Waals surface area (Å²) >= 11 is 0. The number of hydrogen-bond acceptors (Lipinski definition) is 5. The Morgan fingerprint density at radius 3 is 2.65 bits per heavy atom. The lowest BCUT2D eigenvalue weighted by atomic mass is 10.0. The molecule has 1 unspecified atom stereocenters. The van der Waals surface area contributed by atoms with Crippen molar-refractivity contribution in [2.75, 3.05) is 30.7 Å². The first kappa shape index (κ1) is 22.1. The van der Waals surface area contributed by atoms with Crippen LogP contribution in [0.4, 0.5) is 5.69 Å². The number of hydrogen-bond donors (Lipinski definition) is 1. The third kappa shape index (κ3) is 4.45. The molecule has 1 saturated heterocycles. The van der Waals surface area contributed by atoms with Crippen LogP contribution in [0.15, 0.2) is 41.3 Å². The Balaban J connectivity index is 1.57. The summed E-state index contributed by atoms with van der Waals surface area (Å²) in [5.41, 5.74) is 3.51. The average molecular weight is 446 g/mol. The average Bonchev–Trinajstić information content (AvgIpc) is 3.14. The maximum atomic E-state index is 13.5. The van der Waals surface area contributed by atoms with E-state index in [0.717, 1.165) is 43.7 Å².